The molecule has 0 saturated heterocycles. The Morgan fingerprint density at radius 1 is 1.56 bits per heavy atom. The summed E-state index contributed by atoms with van der Waals surface area (Å²) in [6.07, 6.45) is 1.56. The van der Waals surface area contributed by atoms with E-state index in [2.05, 4.69) is 5.32 Å². The zero-order valence-corrected chi connectivity index (χ0v) is 10.9. The number of rotatable bonds is 5. The summed E-state index contributed by atoms with van der Waals surface area (Å²) in [6, 6.07) is 7.71. The average molecular weight is 248 g/mol. The summed E-state index contributed by atoms with van der Waals surface area (Å²) in [5, 5.41) is 2.95. The normalized spacial score (nSPS) is 17.9. The van der Waals surface area contributed by atoms with E-state index in [1.54, 1.807) is 0 Å². The maximum absolute atomic E-state index is 11.9. The summed E-state index contributed by atoms with van der Waals surface area (Å²) < 4.78 is 5.44. The quantitative estimate of drug-likeness (QED) is 0.834. The van der Waals surface area contributed by atoms with Crippen molar-refractivity contribution in [3.63, 3.8) is 0 Å². The minimum absolute atomic E-state index is 0.0565. The van der Waals surface area contributed by atoms with E-state index < -0.39 is 5.54 Å². The molecule has 1 atom stereocenters. The highest BCUT2D eigenvalue weighted by atomic mass is 16.5. The van der Waals surface area contributed by atoms with Crippen LogP contribution in [-0.4, -0.2) is 18.1 Å². The fraction of sp³-hybridized carbons (Fsp3) is 0.500. The van der Waals surface area contributed by atoms with Crippen molar-refractivity contribution in [3.05, 3.63) is 29.8 Å². The van der Waals surface area contributed by atoms with Crippen LogP contribution in [-0.2, 0) is 4.79 Å². The van der Waals surface area contributed by atoms with Crippen molar-refractivity contribution in [3.8, 4) is 5.75 Å². The highest BCUT2D eigenvalue weighted by Crippen LogP contribution is 2.33. The number of carbonyl (C=O) groups is 1. The van der Waals surface area contributed by atoms with E-state index in [0.717, 1.165) is 24.2 Å². The zero-order valence-electron chi connectivity index (χ0n) is 10.9. The lowest BCUT2D eigenvalue weighted by molar-refractivity contribution is -0.123. The summed E-state index contributed by atoms with van der Waals surface area (Å²) in [5.74, 6) is 0.766. The third-order valence-electron chi connectivity index (χ3n) is 3.26. The monoisotopic (exact) mass is 248 g/mol. The van der Waals surface area contributed by atoms with E-state index in [9.17, 15) is 4.79 Å². The first kappa shape index (κ1) is 12.9. The summed E-state index contributed by atoms with van der Waals surface area (Å²) in [7, 11) is 0. The number of ether oxygens (including phenoxy) is 1. The molecule has 4 heteroatoms. The first-order valence-electron chi connectivity index (χ1n) is 6.38. The van der Waals surface area contributed by atoms with Crippen molar-refractivity contribution in [1.29, 1.82) is 0 Å². The van der Waals surface area contributed by atoms with Gasteiger partial charge in [-0.15, -0.1) is 0 Å². The van der Waals surface area contributed by atoms with Crippen LogP contribution in [0.4, 0.5) is 0 Å². The third-order valence-corrected chi connectivity index (χ3v) is 3.26. The Balaban J connectivity index is 2.01. The SMILES string of the molecule is CCOc1cccc(C(C)NC(=O)C2(N)CC2)c1. The predicted molar refractivity (Wildman–Crippen MR) is 70.3 cm³/mol. The number of benzene rings is 1. The molecular formula is C14H20N2O2. The Hall–Kier alpha value is -1.55. The van der Waals surface area contributed by atoms with E-state index in [1.807, 2.05) is 38.1 Å². The van der Waals surface area contributed by atoms with Gasteiger partial charge in [-0.1, -0.05) is 12.1 Å². The van der Waals surface area contributed by atoms with Crippen LogP contribution >= 0.6 is 0 Å². The van der Waals surface area contributed by atoms with Gasteiger partial charge in [0.05, 0.1) is 18.2 Å². The van der Waals surface area contributed by atoms with E-state index in [1.165, 1.54) is 0 Å². The molecule has 1 amide bonds. The Kier molecular flexibility index (Phi) is 3.57. The molecule has 1 unspecified atom stereocenters. The molecule has 1 saturated carbocycles. The topological polar surface area (TPSA) is 64.3 Å². The minimum Gasteiger partial charge on any atom is -0.494 e. The summed E-state index contributed by atoms with van der Waals surface area (Å²) in [4.78, 5) is 11.9. The standard InChI is InChI=1S/C14H20N2O2/c1-3-18-12-6-4-5-11(9-12)10(2)16-13(17)14(15)7-8-14/h4-6,9-10H,3,7-8,15H2,1-2H3,(H,16,17). The Labute approximate surface area is 108 Å². The van der Waals surface area contributed by atoms with Gasteiger partial charge in [0.1, 0.15) is 5.75 Å². The number of hydrogen-bond donors (Lipinski definition) is 2. The first-order valence-corrected chi connectivity index (χ1v) is 6.38. The molecule has 1 aromatic rings. The molecule has 0 radical (unpaired) electrons. The Morgan fingerprint density at radius 3 is 2.89 bits per heavy atom. The maximum atomic E-state index is 11.9. The van der Waals surface area contributed by atoms with Gasteiger partial charge in [0, 0.05) is 0 Å². The van der Waals surface area contributed by atoms with Gasteiger partial charge in [-0.25, -0.2) is 0 Å². The van der Waals surface area contributed by atoms with E-state index in [4.69, 9.17) is 10.5 Å². The molecule has 98 valence electrons. The van der Waals surface area contributed by atoms with Gasteiger partial charge in [0.15, 0.2) is 0 Å². The molecule has 18 heavy (non-hydrogen) atoms. The summed E-state index contributed by atoms with van der Waals surface area (Å²) >= 11 is 0. The predicted octanol–water partition coefficient (Wildman–Crippen LogP) is 1.75. The van der Waals surface area contributed by atoms with Crippen LogP contribution in [0, 0.1) is 0 Å². The number of hydrogen-bond acceptors (Lipinski definition) is 3. The van der Waals surface area contributed by atoms with Gasteiger partial charge >= 0.3 is 0 Å². The van der Waals surface area contributed by atoms with Crippen LogP contribution in [0.1, 0.15) is 38.3 Å². The second-order valence-corrected chi connectivity index (χ2v) is 4.86. The molecule has 1 aromatic carbocycles. The van der Waals surface area contributed by atoms with Crippen LogP contribution < -0.4 is 15.8 Å². The molecule has 1 aliphatic carbocycles. The number of nitrogens with one attached hydrogen (secondary N) is 1. The lowest BCUT2D eigenvalue weighted by Crippen LogP contribution is -2.43. The summed E-state index contributed by atoms with van der Waals surface area (Å²) in [6.45, 7) is 4.54. The van der Waals surface area contributed by atoms with Crippen molar-refractivity contribution in [2.24, 2.45) is 5.73 Å². The highest BCUT2D eigenvalue weighted by molar-refractivity contribution is 5.89. The smallest absolute Gasteiger partial charge is 0.240 e. The number of carbonyl (C=O) groups excluding carboxylic acids is 1. The fourth-order valence-electron chi connectivity index (χ4n) is 1.83. The molecule has 1 aliphatic rings. The second-order valence-electron chi connectivity index (χ2n) is 4.86. The highest BCUT2D eigenvalue weighted by Gasteiger charge is 2.46. The lowest BCUT2D eigenvalue weighted by atomic mass is 10.1. The average Bonchev–Trinajstić information content (AvgIpc) is 3.09. The van der Waals surface area contributed by atoms with Gasteiger partial charge in [0.2, 0.25) is 5.91 Å². The fourth-order valence-corrected chi connectivity index (χ4v) is 1.83. The molecular weight excluding hydrogens is 228 g/mol. The van der Waals surface area contributed by atoms with Crippen molar-refractivity contribution < 1.29 is 9.53 Å². The third kappa shape index (κ3) is 2.82. The van der Waals surface area contributed by atoms with Crippen LogP contribution in [0.5, 0.6) is 5.75 Å². The largest absolute Gasteiger partial charge is 0.494 e. The van der Waals surface area contributed by atoms with Gasteiger partial charge in [-0.05, 0) is 44.4 Å². The first-order chi connectivity index (χ1) is 8.55. The summed E-state index contributed by atoms with van der Waals surface area (Å²) in [5.41, 5.74) is 6.26. The molecule has 3 N–H and O–H groups in total. The number of nitrogens with two attached hydrogens (primary N) is 1. The lowest BCUT2D eigenvalue weighted by Gasteiger charge is -2.18. The van der Waals surface area contributed by atoms with Crippen molar-refractivity contribution in [2.75, 3.05) is 6.61 Å². The van der Waals surface area contributed by atoms with Gasteiger partial charge < -0.3 is 15.8 Å². The molecule has 0 aromatic heterocycles. The molecule has 2 rings (SSSR count). The molecule has 0 heterocycles. The van der Waals surface area contributed by atoms with Gasteiger partial charge in [-0.2, -0.15) is 0 Å². The zero-order chi connectivity index (χ0) is 13.2. The van der Waals surface area contributed by atoms with Gasteiger partial charge in [0.25, 0.3) is 0 Å². The molecule has 1 fully saturated rings. The maximum Gasteiger partial charge on any atom is 0.240 e. The van der Waals surface area contributed by atoms with Crippen molar-refractivity contribution in [1.82, 2.24) is 5.32 Å². The van der Waals surface area contributed by atoms with Crippen molar-refractivity contribution in [2.45, 2.75) is 38.3 Å². The second kappa shape index (κ2) is 4.98. The molecule has 4 nitrogen and oxygen atoms in total. The molecule has 0 spiro atoms. The Bertz CT molecular complexity index is 441. The molecule has 0 bridgehead atoms. The molecule has 0 aliphatic heterocycles. The van der Waals surface area contributed by atoms with Gasteiger partial charge in [-0.3, -0.25) is 4.79 Å². The van der Waals surface area contributed by atoms with Crippen LogP contribution in [0.3, 0.4) is 0 Å². The van der Waals surface area contributed by atoms with Crippen LogP contribution in [0.15, 0.2) is 24.3 Å². The van der Waals surface area contributed by atoms with Crippen molar-refractivity contribution >= 4 is 5.91 Å². The van der Waals surface area contributed by atoms with Crippen LogP contribution in [0.25, 0.3) is 0 Å². The van der Waals surface area contributed by atoms with E-state index >= 15 is 0 Å². The van der Waals surface area contributed by atoms with E-state index in [-0.39, 0.29) is 11.9 Å². The van der Waals surface area contributed by atoms with Crippen LogP contribution in [0.2, 0.25) is 0 Å². The Morgan fingerprint density at radius 2 is 2.28 bits per heavy atom. The van der Waals surface area contributed by atoms with E-state index in [0.29, 0.717) is 6.61 Å². The number of amides is 1. The minimum atomic E-state index is -0.619.